The van der Waals surface area contributed by atoms with Crippen LogP contribution < -0.4 is 25.6 Å². The highest BCUT2D eigenvalue weighted by atomic mass is 16.5. The van der Waals surface area contributed by atoms with E-state index in [0.29, 0.717) is 41.7 Å². The number of nitrogens with zero attached hydrogens (tertiary/aromatic N) is 5. The van der Waals surface area contributed by atoms with Crippen molar-refractivity contribution in [2.45, 2.75) is 33.4 Å². The maximum atomic E-state index is 13.2. The summed E-state index contributed by atoms with van der Waals surface area (Å²) < 4.78 is 15.6. The van der Waals surface area contributed by atoms with Gasteiger partial charge in [0.15, 0.2) is 11.2 Å². The van der Waals surface area contributed by atoms with E-state index in [2.05, 4.69) is 0 Å². The highest BCUT2D eigenvalue weighted by Crippen LogP contribution is 2.38. The van der Waals surface area contributed by atoms with Crippen LogP contribution in [0.3, 0.4) is 0 Å². The lowest BCUT2D eigenvalue weighted by molar-refractivity contribution is 0.394. The quantitative estimate of drug-likeness (QED) is 0.637. The standard InChI is InChI=1S/C21H27N5O4/c1-13(2)12-26-19(27)17-18(23(3)21(26)28)22-20-24(9-6-10-25(17)20)15-8-7-14(29-4)11-16(15)30-5/h7-8,11,13H,6,9-10,12H2,1-5H3. The Labute approximate surface area is 174 Å². The van der Waals surface area contributed by atoms with Gasteiger partial charge in [-0.25, -0.2) is 4.79 Å². The van der Waals surface area contributed by atoms with E-state index in [1.54, 1.807) is 21.3 Å². The van der Waals surface area contributed by atoms with Crippen molar-refractivity contribution in [3.8, 4) is 11.5 Å². The summed E-state index contributed by atoms with van der Waals surface area (Å²) in [6.07, 6.45) is 0.833. The first-order valence-corrected chi connectivity index (χ1v) is 10.1. The molecule has 0 N–H and O–H groups in total. The molecule has 0 unspecified atom stereocenters. The van der Waals surface area contributed by atoms with Gasteiger partial charge in [-0.15, -0.1) is 0 Å². The third-order valence-electron chi connectivity index (χ3n) is 5.44. The van der Waals surface area contributed by atoms with Gasteiger partial charge in [0.1, 0.15) is 11.5 Å². The zero-order valence-corrected chi connectivity index (χ0v) is 18.0. The number of benzene rings is 1. The Morgan fingerprint density at radius 1 is 1.13 bits per heavy atom. The van der Waals surface area contributed by atoms with Crippen molar-refractivity contribution in [3.05, 3.63) is 39.0 Å². The van der Waals surface area contributed by atoms with Crippen molar-refractivity contribution in [1.82, 2.24) is 18.7 Å². The average molecular weight is 413 g/mol. The Kier molecular flexibility index (Phi) is 5.05. The molecule has 30 heavy (non-hydrogen) atoms. The summed E-state index contributed by atoms with van der Waals surface area (Å²) >= 11 is 0. The second-order valence-electron chi connectivity index (χ2n) is 7.93. The highest BCUT2D eigenvalue weighted by Gasteiger charge is 2.28. The number of ether oxygens (including phenoxy) is 2. The fraction of sp³-hybridized carbons (Fsp3) is 0.476. The summed E-state index contributed by atoms with van der Waals surface area (Å²) in [6, 6.07) is 5.61. The summed E-state index contributed by atoms with van der Waals surface area (Å²) in [5.74, 6) is 2.16. The van der Waals surface area contributed by atoms with E-state index >= 15 is 0 Å². The maximum absolute atomic E-state index is 13.2. The summed E-state index contributed by atoms with van der Waals surface area (Å²) in [7, 11) is 4.88. The molecule has 0 spiro atoms. The van der Waals surface area contributed by atoms with Crippen molar-refractivity contribution in [2.75, 3.05) is 25.7 Å². The third-order valence-corrected chi connectivity index (χ3v) is 5.44. The lowest BCUT2D eigenvalue weighted by Crippen LogP contribution is -2.40. The predicted octanol–water partition coefficient (Wildman–Crippen LogP) is 2.11. The molecule has 0 saturated heterocycles. The number of aromatic nitrogens is 4. The number of anilines is 2. The van der Waals surface area contributed by atoms with Crippen LogP contribution in [0.2, 0.25) is 0 Å². The van der Waals surface area contributed by atoms with E-state index in [1.807, 2.05) is 41.5 Å². The molecule has 0 atom stereocenters. The number of hydrogen-bond acceptors (Lipinski definition) is 6. The molecular formula is C21H27N5O4. The van der Waals surface area contributed by atoms with Gasteiger partial charge in [0.25, 0.3) is 5.56 Å². The van der Waals surface area contributed by atoms with Crippen LogP contribution in [0.4, 0.5) is 11.6 Å². The Morgan fingerprint density at radius 3 is 2.57 bits per heavy atom. The highest BCUT2D eigenvalue weighted by molar-refractivity contribution is 5.78. The second kappa shape index (κ2) is 7.55. The topological polar surface area (TPSA) is 83.5 Å². The molecule has 0 bridgehead atoms. The lowest BCUT2D eigenvalue weighted by atomic mass is 10.2. The molecule has 1 aromatic carbocycles. The fourth-order valence-corrected chi connectivity index (χ4v) is 4.03. The molecule has 9 heteroatoms. The molecule has 3 heterocycles. The van der Waals surface area contributed by atoms with E-state index in [4.69, 9.17) is 14.5 Å². The van der Waals surface area contributed by atoms with Gasteiger partial charge in [0.05, 0.1) is 19.9 Å². The van der Waals surface area contributed by atoms with Crippen LogP contribution in [0.15, 0.2) is 27.8 Å². The number of rotatable bonds is 5. The largest absolute Gasteiger partial charge is 0.497 e. The van der Waals surface area contributed by atoms with Crippen molar-refractivity contribution >= 4 is 22.8 Å². The molecular weight excluding hydrogens is 386 g/mol. The zero-order chi connectivity index (χ0) is 21.6. The van der Waals surface area contributed by atoms with Crippen LogP contribution in [0.1, 0.15) is 20.3 Å². The SMILES string of the molecule is COc1ccc(N2CCCn3c2nc2c3c(=O)n(CC(C)C)c(=O)n2C)c(OC)c1. The van der Waals surface area contributed by atoms with Crippen molar-refractivity contribution in [3.63, 3.8) is 0 Å². The predicted molar refractivity (Wildman–Crippen MR) is 115 cm³/mol. The Bertz CT molecular complexity index is 1220. The van der Waals surface area contributed by atoms with Gasteiger partial charge >= 0.3 is 5.69 Å². The first-order chi connectivity index (χ1) is 14.4. The minimum Gasteiger partial charge on any atom is -0.497 e. The summed E-state index contributed by atoms with van der Waals surface area (Å²) in [5, 5.41) is 0. The maximum Gasteiger partial charge on any atom is 0.332 e. The molecule has 9 nitrogen and oxygen atoms in total. The zero-order valence-electron chi connectivity index (χ0n) is 18.0. The molecule has 1 aliphatic heterocycles. The Hall–Kier alpha value is -3.23. The van der Waals surface area contributed by atoms with Crippen LogP contribution in [-0.4, -0.2) is 39.4 Å². The van der Waals surface area contributed by atoms with E-state index < -0.39 is 0 Å². The smallest absolute Gasteiger partial charge is 0.332 e. The molecule has 160 valence electrons. The van der Waals surface area contributed by atoms with Gasteiger partial charge in [-0.2, -0.15) is 4.98 Å². The lowest BCUT2D eigenvalue weighted by Gasteiger charge is -2.30. The first-order valence-electron chi connectivity index (χ1n) is 10.1. The molecule has 0 saturated carbocycles. The van der Waals surface area contributed by atoms with Gasteiger partial charge in [-0.3, -0.25) is 13.9 Å². The van der Waals surface area contributed by atoms with Gasteiger partial charge in [-0.1, -0.05) is 13.8 Å². The van der Waals surface area contributed by atoms with E-state index in [-0.39, 0.29) is 17.2 Å². The van der Waals surface area contributed by atoms with E-state index in [0.717, 1.165) is 18.7 Å². The van der Waals surface area contributed by atoms with Crippen LogP contribution in [0, 0.1) is 5.92 Å². The van der Waals surface area contributed by atoms with Crippen LogP contribution in [0.25, 0.3) is 11.2 Å². The summed E-state index contributed by atoms with van der Waals surface area (Å²) in [5.41, 5.74) is 1.07. The van der Waals surface area contributed by atoms with Gasteiger partial charge in [0.2, 0.25) is 5.95 Å². The minimum atomic E-state index is -0.342. The monoisotopic (exact) mass is 413 g/mol. The van der Waals surface area contributed by atoms with Crippen LogP contribution in [0.5, 0.6) is 11.5 Å². The summed E-state index contributed by atoms with van der Waals surface area (Å²) in [4.78, 5) is 32.8. The van der Waals surface area contributed by atoms with Crippen molar-refractivity contribution < 1.29 is 9.47 Å². The second-order valence-corrected chi connectivity index (χ2v) is 7.93. The molecule has 0 fully saturated rings. The van der Waals surface area contributed by atoms with Gasteiger partial charge in [0, 0.05) is 32.7 Å². The Morgan fingerprint density at radius 2 is 1.90 bits per heavy atom. The van der Waals surface area contributed by atoms with Crippen LogP contribution >= 0.6 is 0 Å². The van der Waals surface area contributed by atoms with E-state index in [1.165, 1.54) is 9.13 Å². The number of fused-ring (bicyclic) bond motifs is 3. The number of imidazole rings is 1. The Balaban J connectivity index is 1.95. The normalized spacial score (nSPS) is 13.7. The number of hydrogen-bond donors (Lipinski definition) is 0. The molecule has 4 rings (SSSR count). The van der Waals surface area contributed by atoms with Gasteiger partial charge < -0.3 is 18.9 Å². The number of aryl methyl sites for hydroxylation is 2. The average Bonchev–Trinajstić information content (AvgIpc) is 3.14. The van der Waals surface area contributed by atoms with Gasteiger partial charge in [-0.05, 0) is 24.5 Å². The first kappa shape index (κ1) is 20.1. The molecule has 0 aliphatic carbocycles. The van der Waals surface area contributed by atoms with Crippen LogP contribution in [-0.2, 0) is 20.1 Å². The molecule has 2 aromatic heterocycles. The molecule has 1 aliphatic rings. The molecule has 3 aromatic rings. The third kappa shape index (κ3) is 3.05. The molecule has 0 amide bonds. The van der Waals surface area contributed by atoms with Crippen molar-refractivity contribution in [1.29, 1.82) is 0 Å². The minimum absolute atomic E-state index is 0.177. The fourth-order valence-electron chi connectivity index (χ4n) is 4.03. The summed E-state index contributed by atoms with van der Waals surface area (Å²) in [6.45, 7) is 5.73. The number of methoxy groups -OCH3 is 2. The van der Waals surface area contributed by atoms with Crippen molar-refractivity contribution in [2.24, 2.45) is 13.0 Å². The molecule has 0 radical (unpaired) electrons. The van der Waals surface area contributed by atoms with E-state index in [9.17, 15) is 9.59 Å².